The maximum atomic E-state index is 6.11. The van der Waals surface area contributed by atoms with Crippen LogP contribution in [0.3, 0.4) is 0 Å². The molecule has 2 aromatic rings. The largest absolute Gasteiger partial charge is 0.495 e. The zero-order valence-corrected chi connectivity index (χ0v) is 14.6. The van der Waals surface area contributed by atoms with Gasteiger partial charge in [0.1, 0.15) is 5.75 Å². The van der Waals surface area contributed by atoms with Crippen LogP contribution in [-0.2, 0) is 0 Å². The Labute approximate surface area is 137 Å². The molecule has 108 valence electrons. The van der Waals surface area contributed by atoms with E-state index in [9.17, 15) is 0 Å². The highest BCUT2D eigenvalue weighted by molar-refractivity contribution is 9.11. The number of nitrogens with one attached hydrogen (secondary N) is 1. The molecule has 1 heterocycles. The lowest BCUT2D eigenvalue weighted by Gasteiger charge is -2.18. The van der Waals surface area contributed by atoms with Crippen LogP contribution in [0.5, 0.6) is 5.75 Å². The van der Waals surface area contributed by atoms with Gasteiger partial charge < -0.3 is 10.1 Å². The third kappa shape index (κ3) is 3.76. The Morgan fingerprint density at radius 1 is 1.35 bits per heavy atom. The van der Waals surface area contributed by atoms with Gasteiger partial charge in [0.15, 0.2) is 0 Å². The minimum absolute atomic E-state index is 0.164. The molecule has 0 saturated heterocycles. The van der Waals surface area contributed by atoms with Gasteiger partial charge in [0.2, 0.25) is 0 Å². The molecule has 0 saturated carbocycles. The summed E-state index contributed by atoms with van der Waals surface area (Å²) in [5.41, 5.74) is 1.16. The van der Waals surface area contributed by atoms with E-state index in [4.69, 9.17) is 16.3 Å². The van der Waals surface area contributed by atoms with Crippen LogP contribution < -0.4 is 10.1 Å². The molecule has 1 aromatic carbocycles. The molecule has 20 heavy (non-hydrogen) atoms. The van der Waals surface area contributed by atoms with Gasteiger partial charge in [-0.3, -0.25) is 0 Å². The van der Waals surface area contributed by atoms with Crippen LogP contribution in [-0.4, -0.2) is 13.7 Å². The minimum atomic E-state index is 0.164. The summed E-state index contributed by atoms with van der Waals surface area (Å²) in [5.74, 6) is 0.711. The molecule has 0 fully saturated rings. The molecule has 1 N–H and O–H groups in total. The number of thiophene rings is 1. The molecular weight excluding hydrogens is 358 g/mol. The normalized spacial score (nSPS) is 12.4. The lowest BCUT2D eigenvalue weighted by molar-refractivity contribution is 0.414. The van der Waals surface area contributed by atoms with Crippen molar-refractivity contribution in [1.82, 2.24) is 5.32 Å². The van der Waals surface area contributed by atoms with Gasteiger partial charge in [-0.2, -0.15) is 0 Å². The number of rotatable bonds is 6. The second-order valence-corrected chi connectivity index (χ2v) is 7.32. The van der Waals surface area contributed by atoms with Crippen molar-refractivity contribution in [2.75, 3.05) is 13.7 Å². The molecule has 2 rings (SSSR count). The highest BCUT2D eigenvalue weighted by Crippen LogP contribution is 2.34. The number of benzene rings is 1. The van der Waals surface area contributed by atoms with Crippen LogP contribution in [0.25, 0.3) is 0 Å². The SMILES string of the molecule is CCCNC(c1ccc(Cl)c(OC)c1)c1ccc(Br)s1. The van der Waals surface area contributed by atoms with Crippen LogP contribution in [0.1, 0.15) is 29.8 Å². The Morgan fingerprint density at radius 2 is 2.15 bits per heavy atom. The fraction of sp³-hybridized carbons (Fsp3) is 0.333. The van der Waals surface area contributed by atoms with Gasteiger partial charge >= 0.3 is 0 Å². The molecule has 0 aliphatic carbocycles. The van der Waals surface area contributed by atoms with E-state index < -0.39 is 0 Å². The van der Waals surface area contributed by atoms with Crippen LogP contribution >= 0.6 is 38.9 Å². The summed E-state index contributed by atoms with van der Waals surface area (Å²) in [6.07, 6.45) is 1.09. The molecule has 0 amide bonds. The first-order valence-electron chi connectivity index (χ1n) is 6.47. The first kappa shape index (κ1) is 15.8. The summed E-state index contributed by atoms with van der Waals surface area (Å²) in [5, 5.41) is 4.21. The zero-order chi connectivity index (χ0) is 14.5. The van der Waals surface area contributed by atoms with Gasteiger partial charge in [-0.25, -0.2) is 0 Å². The van der Waals surface area contributed by atoms with Crippen molar-refractivity contribution in [2.45, 2.75) is 19.4 Å². The molecule has 5 heteroatoms. The van der Waals surface area contributed by atoms with Crippen LogP contribution in [0.15, 0.2) is 34.1 Å². The van der Waals surface area contributed by atoms with Crippen molar-refractivity contribution < 1.29 is 4.74 Å². The quantitative estimate of drug-likeness (QED) is 0.744. The Kier molecular flexibility index (Phi) is 5.90. The van der Waals surface area contributed by atoms with Gasteiger partial charge in [-0.05, 0) is 58.7 Å². The third-order valence-corrected chi connectivity index (χ3v) is 4.99. The van der Waals surface area contributed by atoms with E-state index in [0.29, 0.717) is 10.8 Å². The predicted molar refractivity (Wildman–Crippen MR) is 90.2 cm³/mol. The highest BCUT2D eigenvalue weighted by atomic mass is 79.9. The smallest absolute Gasteiger partial charge is 0.137 e. The number of ether oxygens (including phenoxy) is 1. The van der Waals surface area contributed by atoms with E-state index in [0.717, 1.165) is 22.3 Å². The van der Waals surface area contributed by atoms with E-state index in [1.54, 1.807) is 18.4 Å². The second-order valence-electron chi connectivity index (χ2n) is 4.42. The Bertz CT molecular complexity index is 573. The van der Waals surface area contributed by atoms with Gasteiger partial charge in [0.05, 0.1) is 22.0 Å². The van der Waals surface area contributed by atoms with Crippen molar-refractivity contribution in [2.24, 2.45) is 0 Å². The molecule has 0 radical (unpaired) electrons. The van der Waals surface area contributed by atoms with Crippen molar-refractivity contribution in [3.8, 4) is 5.75 Å². The molecule has 2 nitrogen and oxygen atoms in total. The lowest BCUT2D eigenvalue weighted by atomic mass is 10.0. The molecule has 0 aliphatic rings. The van der Waals surface area contributed by atoms with E-state index in [2.05, 4.69) is 40.3 Å². The molecule has 1 unspecified atom stereocenters. The summed E-state index contributed by atoms with van der Waals surface area (Å²) in [6, 6.07) is 10.3. The molecule has 1 atom stereocenters. The van der Waals surface area contributed by atoms with Crippen LogP contribution in [0, 0.1) is 0 Å². The van der Waals surface area contributed by atoms with E-state index in [-0.39, 0.29) is 6.04 Å². The monoisotopic (exact) mass is 373 g/mol. The van der Waals surface area contributed by atoms with Crippen LogP contribution in [0.4, 0.5) is 0 Å². The fourth-order valence-electron chi connectivity index (χ4n) is 2.01. The van der Waals surface area contributed by atoms with Crippen molar-refractivity contribution >= 4 is 38.9 Å². The van der Waals surface area contributed by atoms with E-state index in [1.807, 2.05) is 18.2 Å². The number of hydrogen-bond donors (Lipinski definition) is 1. The standard InChI is InChI=1S/C15H17BrClNOS/c1-3-8-18-15(13-6-7-14(16)20-13)10-4-5-11(17)12(9-10)19-2/h4-7,9,15,18H,3,8H2,1-2H3. The van der Waals surface area contributed by atoms with Gasteiger partial charge in [0, 0.05) is 4.88 Å². The predicted octanol–water partition coefficient (Wildman–Crippen LogP) is 5.26. The summed E-state index contributed by atoms with van der Waals surface area (Å²) >= 11 is 11.4. The Hall–Kier alpha value is -0.550. The maximum Gasteiger partial charge on any atom is 0.137 e. The van der Waals surface area contributed by atoms with Gasteiger partial charge in [-0.1, -0.05) is 24.6 Å². The molecule has 1 aromatic heterocycles. The summed E-state index contributed by atoms with van der Waals surface area (Å²) in [7, 11) is 1.64. The number of halogens is 2. The topological polar surface area (TPSA) is 21.3 Å². The van der Waals surface area contributed by atoms with E-state index >= 15 is 0 Å². The summed E-state index contributed by atoms with van der Waals surface area (Å²) in [4.78, 5) is 1.27. The first-order valence-corrected chi connectivity index (χ1v) is 8.46. The maximum absolute atomic E-state index is 6.11. The molecular formula is C15H17BrClNOS. The minimum Gasteiger partial charge on any atom is -0.495 e. The van der Waals surface area contributed by atoms with Gasteiger partial charge in [-0.15, -0.1) is 11.3 Å². The Balaban J connectivity index is 2.35. The summed E-state index contributed by atoms with van der Waals surface area (Å²) < 4.78 is 6.45. The molecule has 0 aliphatic heterocycles. The second kappa shape index (κ2) is 7.46. The van der Waals surface area contributed by atoms with E-state index in [1.165, 1.54) is 4.88 Å². The molecule has 0 spiro atoms. The fourth-order valence-corrected chi connectivity index (χ4v) is 3.73. The first-order chi connectivity index (χ1) is 9.65. The van der Waals surface area contributed by atoms with Crippen molar-refractivity contribution in [3.63, 3.8) is 0 Å². The summed E-state index contributed by atoms with van der Waals surface area (Å²) in [6.45, 7) is 3.13. The number of methoxy groups -OCH3 is 1. The zero-order valence-electron chi connectivity index (χ0n) is 11.5. The third-order valence-electron chi connectivity index (χ3n) is 2.99. The number of hydrogen-bond acceptors (Lipinski definition) is 3. The Morgan fingerprint density at radius 3 is 2.75 bits per heavy atom. The highest BCUT2D eigenvalue weighted by Gasteiger charge is 2.17. The van der Waals surface area contributed by atoms with Crippen molar-refractivity contribution in [1.29, 1.82) is 0 Å². The average Bonchev–Trinajstić information content (AvgIpc) is 2.87. The average molecular weight is 375 g/mol. The van der Waals surface area contributed by atoms with Crippen molar-refractivity contribution in [3.05, 3.63) is 49.6 Å². The van der Waals surface area contributed by atoms with Gasteiger partial charge in [0.25, 0.3) is 0 Å². The molecule has 0 bridgehead atoms. The lowest BCUT2D eigenvalue weighted by Crippen LogP contribution is -2.22. The van der Waals surface area contributed by atoms with Crippen LogP contribution in [0.2, 0.25) is 5.02 Å².